The van der Waals surface area contributed by atoms with Crippen molar-refractivity contribution in [3.8, 4) is 0 Å². The van der Waals surface area contributed by atoms with Crippen LogP contribution in [0.15, 0.2) is 6.07 Å². The van der Waals surface area contributed by atoms with Gasteiger partial charge in [0.25, 0.3) is 0 Å². The molecule has 0 N–H and O–H groups in total. The van der Waals surface area contributed by atoms with E-state index in [9.17, 15) is 18.0 Å². The minimum absolute atomic E-state index is 0.167. The summed E-state index contributed by atoms with van der Waals surface area (Å²) >= 11 is 0. The van der Waals surface area contributed by atoms with Gasteiger partial charge < -0.3 is 4.74 Å². The summed E-state index contributed by atoms with van der Waals surface area (Å²) in [4.78, 5) is 11.6. The topological polar surface area (TPSA) is 44.1 Å². The number of halogens is 3. The highest BCUT2D eigenvalue weighted by Gasteiger charge is 2.35. The molecule has 0 aliphatic heterocycles. The summed E-state index contributed by atoms with van der Waals surface area (Å²) in [6.45, 7) is 7.05. The molecule has 0 unspecified atom stereocenters. The summed E-state index contributed by atoms with van der Waals surface area (Å²) < 4.78 is 44.2. The van der Waals surface area contributed by atoms with E-state index in [1.165, 1.54) is 4.68 Å². The quantitative estimate of drug-likeness (QED) is 0.783. The number of aromatic nitrogens is 2. The van der Waals surface area contributed by atoms with Gasteiger partial charge in [-0.15, -0.1) is 0 Å². The van der Waals surface area contributed by atoms with Gasteiger partial charge in [0, 0.05) is 18.2 Å². The minimum atomic E-state index is -4.48. The molecule has 4 nitrogen and oxygen atoms in total. The van der Waals surface area contributed by atoms with Crippen molar-refractivity contribution in [2.75, 3.05) is 6.61 Å². The zero-order chi connectivity index (χ0) is 15.5. The summed E-state index contributed by atoms with van der Waals surface area (Å²) in [6.07, 6.45) is -4.32. The predicted molar refractivity (Wildman–Crippen MR) is 67.1 cm³/mol. The number of carbonyl (C=O) groups excluding carboxylic acids is 1. The summed E-state index contributed by atoms with van der Waals surface area (Å²) in [5, 5.41) is 3.58. The summed E-state index contributed by atoms with van der Waals surface area (Å²) in [7, 11) is 0. The molecule has 0 spiro atoms. The van der Waals surface area contributed by atoms with E-state index in [1.807, 2.05) is 0 Å². The Morgan fingerprint density at radius 1 is 1.40 bits per heavy atom. The first kappa shape index (κ1) is 16.5. The molecule has 1 heterocycles. The van der Waals surface area contributed by atoms with E-state index in [-0.39, 0.29) is 19.1 Å². The average Bonchev–Trinajstić information content (AvgIpc) is 2.73. The lowest BCUT2D eigenvalue weighted by atomic mass is 10.1. The van der Waals surface area contributed by atoms with Crippen molar-refractivity contribution in [1.29, 1.82) is 0 Å². The number of alkyl halides is 3. The SMILES string of the molecule is CCOC(=O)[C@@H](C)Cc1cc(C(F)(F)F)nn1C(C)C. The Labute approximate surface area is 115 Å². The fraction of sp³-hybridized carbons (Fsp3) is 0.692. The smallest absolute Gasteiger partial charge is 0.435 e. The molecule has 1 atom stereocenters. The first-order chi connectivity index (χ1) is 9.16. The fourth-order valence-corrected chi connectivity index (χ4v) is 1.85. The highest BCUT2D eigenvalue weighted by molar-refractivity contribution is 5.72. The molecule has 1 aromatic rings. The molecule has 0 saturated carbocycles. The maximum Gasteiger partial charge on any atom is 0.435 e. The first-order valence-corrected chi connectivity index (χ1v) is 6.49. The standard InChI is InChI=1S/C13H19F3N2O2/c1-5-20-12(19)9(4)6-10-7-11(13(14,15)16)17-18(10)8(2)3/h7-9H,5-6H2,1-4H3/t9-/m0/s1. The Morgan fingerprint density at radius 3 is 2.45 bits per heavy atom. The van der Waals surface area contributed by atoms with Crippen LogP contribution < -0.4 is 0 Å². The molecule has 0 aromatic carbocycles. The lowest BCUT2D eigenvalue weighted by Gasteiger charge is -2.14. The van der Waals surface area contributed by atoms with Crippen LogP contribution in [0, 0.1) is 5.92 Å². The van der Waals surface area contributed by atoms with Gasteiger partial charge in [-0.3, -0.25) is 9.48 Å². The molecule has 7 heteroatoms. The predicted octanol–water partition coefficient (Wildman–Crippen LogP) is 3.22. The van der Waals surface area contributed by atoms with Crippen molar-refractivity contribution >= 4 is 5.97 Å². The van der Waals surface area contributed by atoms with Crippen LogP contribution in [0.5, 0.6) is 0 Å². The van der Waals surface area contributed by atoms with Crippen LogP contribution in [0.1, 0.15) is 45.1 Å². The lowest BCUT2D eigenvalue weighted by Crippen LogP contribution is -2.19. The first-order valence-electron chi connectivity index (χ1n) is 6.49. The molecule has 0 fully saturated rings. The van der Waals surface area contributed by atoms with Crippen LogP contribution in [0.3, 0.4) is 0 Å². The number of ether oxygens (including phenoxy) is 1. The van der Waals surface area contributed by atoms with Crippen LogP contribution >= 0.6 is 0 Å². The van der Waals surface area contributed by atoms with Gasteiger partial charge in [0.1, 0.15) is 0 Å². The number of nitrogens with zero attached hydrogens (tertiary/aromatic N) is 2. The Bertz CT molecular complexity index is 467. The van der Waals surface area contributed by atoms with Crippen molar-refractivity contribution in [2.45, 2.75) is 46.3 Å². The third-order valence-electron chi connectivity index (χ3n) is 2.80. The number of rotatable bonds is 5. The zero-order valence-corrected chi connectivity index (χ0v) is 12.0. The van der Waals surface area contributed by atoms with E-state index >= 15 is 0 Å². The molecule has 1 aromatic heterocycles. The van der Waals surface area contributed by atoms with Crippen molar-refractivity contribution in [2.24, 2.45) is 5.92 Å². The van der Waals surface area contributed by atoms with E-state index in [2.05, 4.69) is 5.10 Å². The molecule has 114 valence electrons. The second kappa shape index (κ2) is 6.28. The van der Waals surface area contributed by atoms with Crippen molar-refractivity contribution in [3.63, 3.8) is 0 Å². The van der Waals surface area contributed by atoms with Gasteiger partial charge in [-0.05, 0) is 26.8 Å². The van der Waals surface area contributed by atoms with Gasteiger partial charge >= 0.3 is 12.1 Å². The molecule has 0 aliphatic rings. The van der Waals surface area contributed by atoms with E-state index in [1.54, 1.807) is 27.7 Å². The molecule has 0 amide bonds. The third-order valence-corrected chi connectivity index (χ3v) is 2.80. The van der Waals surface area contributed by atoms with Crippen LogP contribution in [-0.4, -0.2) is 22.4 Å². The van der Waals surface area contributed by atoms with E-state index in [0.29, 0.717) is 5.69 Å². The van der Waals surface area contributed by atoms with Gasteiger partial charge in [0.2, 0.25) is 0 Å². The van der Waals surface area contributed by atoms with Crippen LogP contribution in [-0.2, 0) is 22.1 Å². The fourth-order valence-electron chi connectivity index (χ4n) is 1.85. The summed E-state index contributed by atoms with van der Waals surface area (Å²) in [5.74, 6) is -0.928. The normalized spacial score (nSPS) is 13.6. The highest BCUT2D eigenvalue weighted by atomic mass is 19.4. The molecule has 1 rings (SSSR count). The zero-order valence-electron chi connectivity index (χ0n) is 12.0. The molecule has 0 radical (unpaired) electrons. The minimum Gasteiger partial charge on any atom is -0.466 e. The Kier molecular flexibility index (Phi) is 5.19. The number of hydrogen-bond donors (Lipinski definition) is 0. The van der Waals surface area contributed by atoms with Crippen LogP contribution in [0.25, 0.3) is 0 Å². The second-order valence-corrected chi connectivity index (χ2v) is 4.91. The third kappa shape index (κ3) is 3.98. The summed E-state index contributed by atoms with van der Waals surface area (Å²) in [5.41, 5.74) is -0.551. The molecule has 0 bridgehead atoms. The van der Waals surface area contributed by atoms with Gasteiger partial charge in [0.15, 0.2) is 5.69 Å². The number of esters is 1. The second-order valence-electron chi connectivity index (χ2n) is 4.91. The Morgan fingerprint density at radius 2 is 2.00 bits per heavy atom. The largest absolute Gasteiger partial charge is 0.466 e. The maximum absolute atomic E-state index is 12.7. The van der Waals surface area contributed by atoms with Gasteiger partial charge in [-0.1, -0.05) is 6.92 Å². The molecular weight excluding hydrogens is 273 g/mol. The van der Waals surface area contributed by atoms with Gasteiger partial charge in [-0.25, -0.2) is 0 Å². The number of hydrogen-bond acceptors (Lipinski definition) is 3. The lowest BCUT2D eigenvalue weighted by molar-refractivity contribution is -0.147. The van der Waals surface area contributed by atoms with Gasteiger partial charge in [0.05, 0.1) is 12.5 Å². The molecular formula is C13H19F3N2O2. The van der Waals surface area contributed by atoms with Crippen LogP contribution in [0.4, 0.5) is 13.2 Å². The van der Waals surface area contributed by atoms with E-state index < -0.39 is 23.8 Å². The summed E-state index contributed by atoms with van der Waals surface area (Å²) in [6, 6.07) is 0.783. The molecule has 20 heavy (non-hydrogen) atoms. The maximum atomic E-state index is 12.7. The van der Waals surface area contributed by atoms with E-state index in [4.69, 9.17) is 4.74 Å². The molecule has 0 saturated heterocycles. The molecule has 0 aliphatic carbocycles. The van der Waals surface area contributed by atoms with Crippen molar-refractivity contribution in [1.82, 2.24) is 9.78 Å². The Hall–Kier alpha value is -1.53. The number of carbonyl (C=O) groups is 1. The van der Waals surface area contributed by atoms with Gasteiger partial charge in [-0.2, -0.15) is 18.3 Å². The average molecular weight is 292 g/mol. The van der Waals surface area contributed by atoms with Crippen LogP contribution in [0.2, 0.25) is 0 Å². The Balaban J connectivity index is 2.99. The highest BCUT2D eigenvalue weighted by Crippen LogP contribution is 2.30. The monoisotopic (exact) mass is 292 g/mol. The van der Waals surface area contributed by atoms with Crippen molar-refractivity contribution in [3.05, 3.63) is 17.5 Å². The van der Waals surface area contributed by atoms with E-state index in [0.717, 1.165) is 6.07 Å². The van der Waals surface area contributed by atoms with Crippen molar-refractivity contribution < 1.29 is 22.7 Å².